The number of likely N-dealkylation sites (tertiary alicyclic amines) is 1. The molecule has 1 amide bonds. The van der Waals surface area contributed by atoms with Gasteiger partial charge in [0.25, 0.3) is 0 Å². The second-order valence-electron chi connectivity index (χ2n) is 6.01. The molecule has 1 N–H and O–H groups in total. The van der Waals surface area contributed by atoms with E-state index in [1.165, 1.54) is 0 Å². The number of ether oxygens (including phenoxy) is 1. The van der Waals surface area contributed by atoms with Crippen LogP contribution in [0.2, 0.25) is 0 Å². The number of aliphatic hydroxyl groups is 1. The first-order valence-corrected chi connectivity index (χ1v) is 7.33. The Morgan fingerprint density at radius 1 is 1.30 bits per heavy atom. The second kappa shape index (κ2) is 5.44. The third-order valence-electron chi connectivity index (χ3n) is 4.67. The first-order chi connectivity index (χ1) is 9.70. The molecule has 1 saturated heterocycles. The van der Waals surface area contributed by atoms with Gasteiger partial charge in [0, 0.05) is 12.0 Å². The highest BCUT2D eigenvalue weighted by Crippen LogP contribution is 2.45. The molecule has 3 rings (SSSR count). The molecule has 20 heavy (non-hydrogen) atoms. The molecular weight excluding hydrogens is 254 g/mol. The molecule has 1 saturated carbocycles. The van der Waals surface area contributed by atoms with Crippen LogP contribution in [0, 0.1) is 5.41 Å². The minimum atomic E-state index is -0.394. The van der Waals surface area contributed by atoms with E-state index in [0.29, 0.717) is 19.7 Å². The van der Waals surface area contributed by atoms with E-state index in [-0.39, 0.29) is 11.5 Å². The van der Waals surface area contributed by atoms with E-state index < -0.39 is 6.10 Å². The predicted octanol–water partition coefficient (Wildman–Crippen LogP) is 2.56. The van der Waals surface area contributed by atoms with Crippen molar-refractivity contribution < 1.29 is 14.6 Å². The standard InChI is InChI=1S/C16H21NO3/c18-14-10-17(12-16(14)8-4-5-9-16)15(19)20-11-13-6-2-1-3-7-13/h1-3,6-7,14,18H,4-5,8-12H2. The molecule has 0 aromatic heterocycles. The van der Waals surface area contributed by atoms with Crippen LogP contribution >= 0.6 is 0 Å². The van der Waals surface area contributed by atoms with Crippen molar-refractivity contribution in [3.8, 4) is 0 Å². The van der Waals surface area contributed by atoms with Crippen LogP contribution in [-0.2, 0) is 11.3 Å². The maximum absolute atomic E-state index is 12.1. The van der Waals surface area contributed by atoms with Crippen LogP contribution in [0.1, 0.15) is 31.2 Å². The van der Waals surface area contributed by atoms with Crippen LogP contribution in [0.15, 0.2) is 30.3 Å². The number of rotatable bonds is 2. The van der Waals surface area contributed by atoms with E-state index >= 15 is 0 Å². The summed E-state index contributed by atoms with van der Waals surface area (Å²) in [4.78, 5) is 13.8. The Bertz CT molecular complexity index is 468. The normalized spacial score (nSPS) is 24.2. The number of amides is 1. The van der Waals surface area contributed by atoms with Crippen LogP contribution < -0.4 is 0 Å². The van der Waals surface area contributed by atoms with Gasteiger partial charge in [0.2, 0.25) is 0 Å². The molecule has 1 aliphatic heterocycles. The summed E-state index contributed by atoms with van der Waals surface area (Å²) < 4.78 is 5.34. The molecule has 1 spiro atoms. The van der Waals surface area contributed by atoms with E-state index in [1.54, 1.807) is 4.90 Å². The van der Waals surface area contributed by atoms with E-state index in [1.807, 2.05) is 30.3 Å². The molecule has 1 heterocycles. The monoisotopic (exact) mass is 275 g/mol. The Labute approximate surface area is 119 Å². The van der Waals surface area contributed by atoms with Gasteiger partial charge in [0.1, 0.15) is 6.61 Å². The van der Waals surface area contributed by atoms with Gasteiger partial charge >= 0.3 is 6.09 Å². The number of carbonyl (C=O) groups excluding carboxylic acids is 1. The Morgan fingerprint density at radius 2 is 2.00 bits per heavy atom. The number of hydrogen-bond donors (Lipinski definition) is 1. The fourth-order valence-corrected chi connectivity index (χ4v) is 3.47. The Kier molecular flexibility index (Phi) is 3.66. The highest BCUT2D eigenvalue weighted by atomic mass is 16.6. The van der Waals surface area contributed by atoms with Crippen molar-refractivity contribution in [1.29, 1.82) is 0 Å². The predicted molar refractivity (Wildman–Crippen MR) is 75.1 cm³/mol. The molecule has 1 aromatic rings. The average molecular weight is 275 g/mol. The van der Waals surface area contributed by atoms with Crippen molar-refractivity contribution in [1.82, 2.24) is 4.90 Å². The van der Waals surface area contributed by atoms with Crippen molar-refractivity contribution in [2.24, 2.45) is 5.41 Å². The Hall–Kier alpha value is -1.55. The molecular formula is C16H21NO3. The third-order valence-corrected chi connectivity index (χ3v) is 4.67. The first kappa shape index (κ1) is 13.4. The smallest absolute Gasteiger partial charge is 0.410 e. The largest absolute Gasteiger partial charge is 0.445 e. The van der Waals surface area contributed by atoms with Gasteiger partial charge < -0.3 is 14.7 Å². The molecule has 1 atom stereocenters. The van der Waals surface area contributed by atoms with Crippen molar-refractivity contribution in [3.05, 3.63) is 35.9 Å². The van der Waals surface area contributed by atoms with Crippen molar-refractivity contribution >= 4 is 6.09 Å². The molecule has 108 valence electrons. The minimum absolute atomic E-state index is 0.0637. The van der Waals surface area contributed by atoms with Gasteiger partial charge in [-0.1, -0.05) is 43.2 Å². The van der Waals surface area contributed by atoms with E-state index in [2.05, 4.69) is 0 Å². The summed E-state index contributed by atoms with van der Waals surface area (Å²) >= 11 is 0. The number of carbonyl (C=O) groups is 1. The lowest BCUT2D eigenvalue weighted by molar-refractivity contribution is 0.0739. The maximum Gasteiger partial charge on any atom is 0.410 e. The highest BCUT2D eigenvalue weighted by Gasteiger charge is 2.49. The van der Waals surface area contributed by atoms with Gasteiger partial charge in [-0.15, -0.1) is 0 Å². The molecule has 4 nitrogen and oxygen atoms in total. The number of benzene rings is 1. The zero-order valence-corrected chi connectivity index (χ0v) is 11.6. The SMILES string of the molecule is O=C(OCc1ccccc1)N1CC(O)C2(CCCC2)C1. The number of nitrogens with zero attached hydrogens (tertiary/aromatic N) is 1. The zero-order valence-electron chi connectivity index (χ0n) is 11.6. The van der Waals surface area contributed by atoms with Crippen LogP contribution in [-0.4, -0.2) is 35.3 Å². The van der Waals surface area contributed by atoms with Crippen LogP contribution in [0.3, 0.4) is 0 Å². The summed E-state index contributed by atoms with van der Waals surface area (Å²) in [6.07, 6.45) is 3.66. The van der Waals surface area contributed by atoms with E-state index in [0.717, 1.165) is 31.2 Å². The summed E-state index contributed by atoms with van der Waals surface area (Å²) in [5, 5.41) is 10.2. The second-order valence-corrected chi connectivity index (χ2v) is 6.01. The molecule has 0 bridgehead atoms. The lowest BCUT2D eigenvalue weighted by Gasteiger charge is -2.25. The zero-order chi connectivity index (χ0) is 14.0. The fraction of sp³-hybridized carbons (Fsp3) is 0.562. The topological polar surface area (TPSA) is 49.8 Å². The molecule has 1 aliphatic carbocycles. The van der Waals surface area contributed by atoms with Gasteiger partial charge in [-0.3, -0.25) is 0 Å². The molecule has 4 heteroatoms. The van der Waals surface area contributed by atoms with Gasteiger partial charge in [0.15, 0.2) is 0 Å². The van der Waals surface area contributed by atoms with Gasteiger partial charge in [0.05, 0.1) is 12.6 Å². The molecule has 1 unspecified atom stereocenters. The number of β-amino-alcohol motifs (C(OH)–C–C–N with tert-alkyl or cyclic N) is 1. The lowest BCUT2D eigenvalue weighted by Crippen LogP contribution is -2.32. The number of hydrogen-bond acceptors (Lipinski definition) is 3. The van der Waals surface area contributed by atoms with Gasteiger partial charge in [-0.2, -0.15) is 0 Å². The molecule has 2 aliphatic rings. The quantitative estimate of drug-likeness (QED) is 0.902. The highest BCUT2D eigenvalue weighted by molar-refractivity contribution is 5.68. The molecule has 2 fully saturated rings. The summed E-state index contributed by atoms with van der Waals surface area (Å²) in [6, 6.07) is 9.66. The Morgan fingerprint density at radius 3 is 2.70 bits per heavy atom. The first-order valence-electron chi connectivity index (χ1n) is 7.33. The third kappa shape index (κ3) is 2.52. The summed E-state index contributed by atoms with van der Waals surface area (Å²) in [5.74, 6) is 0. The van der Waals surface area contributed by atoms with Crippen molar-refractivity contribution in [2.75, 3.05) is 13.1 Å². The summed E-state index contributed by atoms with van der Waals surface area (Å²) in [5.41, 5.74) is 0.919. The lowest BCUT2D eigenvalue weighted by atomic mass is 9.83. The summed E-state index contributed by atoms with van der Waals surface area (Å²) in [6.45, 7) is 1.34. The molecule has 0 radical (unpaired) electrons. The average Bonchev–Trinajstić information content (AvgIpc) is 3.07. The van der Waals surface area contributed by atoms with Crippen LogP contribution in [0.4, 0.5) is 4.79 Å². The van der Waals surface area contributed by atoms with Crippen LogP contribution in [0.25, 0.3) is 0 Å². The van der Waals surface area contributed by atoms with Crippen molar-refractivity contribution in [3.63, 3.8) is 0 Å². The van der Waals surface area contributed by atoms with Gasteiger partial charge in [-0.05, 0) is 18.4 Å². The molecule has 1 aromatic carbocycles. The fourth-order valence-electron chi connectivity index (χ4n) is 3.47. The van der Waals surface area contributed by atoms with Gasteiger partial charge in [-0.25, -0.2) is 4.79 Å². The van der Waals surface area contributed by atoms with E-state index in [9.17, 15) is 9.90 Å². The Balaban J connectivity index is 1.56. The van der Waals surface area contributed by atoms with Crippen LogP contribution in [0.5, 0.6) is 0 Å². The van der Waals surface area contributed by atoms with Crippen molar-refractivity contribution in [2.45, 2.75) is 38.4 Å². The number of aliphatic hydroxyl groups excluding tert-OH is 1. The minimum Gasteiger partial charge on any atom is -0.445 e. The van der Waals surface area contributed by atoms with E-state index in [4.69, 9.17) is 4.74 Å². The maximum atomic E-state index is 12.1. The summed E-state index contributed by atoms with van der Waals surface area (Å²) in [7, 11) is 0.